The van der Waals surface area contributed by atoms with Gasteiger partial charge in [-0.15, -0.1) is 0 Å². The standard InChI is InChI=1S/C29H21FN4O6S2/c1-15-3-2-4-18(13-15)31-21(35)14-32-28-25(42-29(32)38)22(16-5-7-17(30)8-6-16)23-24(41-28)27(37)33(26(23)36)19-9-11-20(12-10-19)34(39)40/h2-13,22-24H,14H2,1H3,(H,31,35)/t22-,23?,24?/m1/s1. The Morgan fingerprint density at radius 1 is 1.02 bits per heavy atom. The molecule has 0 aliphatic carbocycles. The van der Waals surface area contributed by atoms with Crippen LogP contribution in [0.25, 0.3) is 0 Å². The molecule has 3 heterocycles. The summed E-state index contributed by atoms with van der Waals surface area (Å²) in [6.07, 6.45) is 0. The molecule has 1 saturated heterocycles. The van der Waals surface area contributed by atoms with Gasteiger partial charge in [-0.3, -0.25) is 33.9 Å². The number of benzene rings is 3. The molecule has 0 saturated carbocycles. The fourth-order valence-corrected chi connectivity index (χ4v) is 8.10. The minimum absolute atomic E-state index is 0.182. The van der Waals surface area contributed by atoms with E-state index in [1.165, 1.54) is 53.1 Å². The van der Waals surface area contributed by atoms with E-state index in [9.17, 15) is 33.7 Å². The first-order valence-corrected chi connectivity index (χ1v) is 14.5. The van der Waals surface area contributed by atoms with E-state index in [0.29, 0.717) is 21.2 Å². The lowest BCUT2D eigenvalue weighted by atomic mass is 9.83. The molecular weight excluding hydrogens is 583 g/mol. The molecule has 2 unspecified atom stereocenters. The van der Waals surface area contributed by atoms with Gasteiger partial charge in [0.1, 0.15) is 17.6 Å². The fourth-order valence-electron chi connectivity index (χ4n) is 5.33. The molecule has 4 aromatic rings. The van der Waals surface area contributed by atoms with Gasteiger partial charge in [-0.25, -0.2) is 9.29 Å². The Bertz CT molecular complexity index is 1820. The van der Waals surface area contributed by atoms with Crippen molar-refractivity contribution in [3.8, 4) is 0 Å². The number of nitrogens with one attached hydrogen (secondary N) is 1. The molecule has 3 atom stereocenters. The van der Waals surface area contributed by atoms with Crippen molar-refractivity contribution in [1.82, 2.24) is 4.57 Å². The maximum atomic E-state index is 13.9. The minimum Gasteiger partial charge on any atom is -0.325 e. The number of nitrogens with zero attached hydrogens (tertiary/aromatic N) is 3. The van der Waals surface area contributed by atoms with Crippen molar-refractivity contribution < 1.29 is 23.7 Å². The largest absolute Gasteiger partial charge is 0.325 e. The van der Waals surface area contributed by atoms with Gasteiger partial charge in [-0.1, -0.05) is 47.4 Å². The summed E-state index contributed by atoms with van der Waals surface area (Å²) in [6.45, 7) is 1.57. The van der Waals surface area contributed by atoms with Crippen molar-refractivity contribution in [2.75, 3.05) is 10.2 Å². The van der Waals surface area contributed by atoms with Crippen LogP contribution in [0, 0.1) is 28.8 Å². The number of hydrogen-bond acceptors (Lipinski definition) is 8. The van der Waals surface area contributed by atoms with Crippen molar-refractivity contribution in [1.29, 1.82) is 0 Å². The molecule has 1 fully saturated rings. The van der Waals surface area contributed by atoms with Gasteiger partial charge in [0.25, 0.3) is 5.69 Å². The van der Waals surface area contributed by atoms with E-state index in [1.54, 1.807) is 18.2 Å². The third-order valence-electron chi connectivity index (χ3n) is 7.20. The summed E-state index contributed by atoms with van der Waals surface area (Å²) in [6, 6.07) is 17.8. The maximum absolute atomic E-state index is 13.9. The summed E-state index contributed by atoms with van der Waals surface area (Å²) in [5, 5.41) is 13.3. The smallest absolute Gasteiger partial charge is 0.308 e. The molecule has 3 aromatic carbocycles. The van der Waals surface area contributed by atoms with Crippen LogP contribution in [0.2, 0.25) is 0 Å². The van der Waals surface area contributed by atoms with Crippen LogP contribution in [0.5, 0.6) is 0 Å². The summed E-state index contributed by atoms with van der Waals surface area (Å²) in [5.74, 6) is -3.69. The highest BCUT2D eigenvalue weighted by molar-refractivity contribution is 8.00. The van der Waals surface area contributed by atoms with Crippen LogP contribution in [-0.4, -0.2) is 32.5 Å². The zero-order valence-electron chi connectivity index (χ0n) is 21.9. The first-order valence-electron chi connectivity index (χ1n) is 12.8. The van der Waals surface area contributed by atoms with Gasteiger partial charge < -0.3 is 5.32 Å². The van der Waals surface area contributed by atoms with Crippen molar-refractivity contribution >= 4 is 57.9 Å². The number of carbonyl (C=O) groups is 3. The van der Waals surface area contributed by atoms with Gasteiger partial charge in [0.2, 0.25) is 17.7 Å². The second-order valence-corrected chi connectivity index (χ2v) is 12.0. The molecule has 1 aromatic heterocycles. The van der Waals surface area contributed by atoms with E-state index >= 15 is 0 Å². The summed E-state index contributed by atoms with van der Waals surface area (Å²) in [5.41, 5.74) is 2.05. The SMILES string of the molecule is Cc1cccc(NC(=O)Cn2c3c(sc2=O)[C@H](c2ccc(F)cc2)C2C(=O)N(c4ccc([N+](=O)[O-])cc4)C(=O)C2S3)c1. The minimum atomic E-state index is -0.949. The van der Waals surface area contributed by atoms with E-state index in [0.717, 1.165) is 33.6 Å². The Labute approximate surface area is 245 Å². The highest BCUT2D eigenvalue weighted by atomic mass is 32.2. The molecule has 10 nitrogen and oxygen atoms in total. The molecule has 0 radical (unpaired) electrons. The number of imide groups is 1. The number of anilines is 2. The number of thioether (sulfide) groups is 1. The predicted molar refractivity (Wildman–Crippen MR) is 155 cm³/mol. The highest BCUT2D eigenvalue weighted by Gasteiger charge is 2.56. The normalized spacial score (nSPS) is 19.4. The molecule has 0 bridgehead atoms. The number of carbonyl (C=O) groups excluding carboxylic acids is 3. The molecule has 13 heteroatoms. The number of nitro groups is 1. The van der Waals surface area contributed by atoms with Crippen molar-refractivity contribution in [3.05, 3.63) is 114 Å². The Morgan fingerprint density at radius 3 is 2.40 bits per heavy atom. The number of aryl methyl sites for hydroxylation is 1. The van der Waals surface area contributed by atoms with Crippen LogP contribution < -0.4 is 15.1 Å². The van der Waals surface area contributed by atoms with Gasteiger partial charge in [0.05, 0.1) is 21.6 Å². The average molecular weight is 605 g/mol. The van der Waals surface area contributed by atoms with Gasteiger partial charge in [-0.2, -0.15) is 0 Å². The summed E-state index contributed by atoms with van der Waals surface area (Å²) >= 11 is 1.93. The average Bonchev–Trinajstić information content (AvgIpc) is 3.39. The van der Waals surface area contributed by atoms with Gasteiger partial charge in [-0.05, 0) is 54.4 Å². The molecule has 0 spiro atoms. The van der Waals surface area contributed by atoms with Gasteiger partial charge in [0, 0.05) is 28.6 Å². The van der Waals surface area contributed by atoms with Crippen LogP contribution >= 0.6 is 23.1 Å². The number of rotatable bonds is 6. The first-order chi connectivity index (χ1) is 20.1. The predicted octanol–water partition coefficient (Wildman–Crippen LogP) is 4.70. The van der Waals surface area contributed by atoms with E-state index in [1.807, 2.05) is 13.0 Å². The van der Waals surface area contributed by atoms with Crippen LogP contribution in [0.1, 0.15) is 21.9 Å². The van der Waals surface area contributed by atoms with E-state index in [2.05, 4.69) is 5.32 Å². The summed E-state index contributed by atoms with van der Waals surface area (Å²) in [4.78, 5) is 65.5. The lowest BCUT2D eigenvalue weighted by Crippen LogP contribution is -2.33. The number of amides is 3. The van der Waals surface area contributed by atoms with Crippen molar-refractivity contribution in [3.63, 3.8) is 0 Å². The molecule has 2 aliphatic heterocycles. The Morgan fingerprint density at radius 2 is 1.74 bits per heavy atom. The van der Waals surface area contributed by atoms with E-state index in [4.69, 9.17) is 0 Å². The zero-order chi connectivity index (χ0) is 29.7. The Hall–Kier alpha value is -4.62. The maximum Gasteiger partial charge on any atom is 0.308 e. The van der Waals surface area contributed by atoms with Crippen LogP contribution in [0.4, 0.5) is 21.5 Å². The topological polar surface area (TPSA) is 132 Å². The second-order valence-electron chi connectivity index (χ2n) is 9.92. The highest BCUT2D eigenvalue weighted by Crippen LogP contribution is 2.53. The molecule has 42 heavy (non-hydrogen) atoms. The first kappa shape index (κ1) is 27.5. The fraction of sp³-hybridized carbons (Fsp3) is 0.172. The number of non-ortho nitro benzene ring substituents is 1. The molecule has 2 aliphatic rings. The number of nitro benzene ring substituents is 1. The molecule has 6 rings (SSSR count). The number of hydrogen-bond donors (Lipinski definition) is 1. The molecule has 212 valence electrons. The van der Waals surface area contributed by atoms with Crippen LogP contribution in [-0.2, 0) is 20.9 Å². The Kier molecular flexibility index (Phi) is 6.99. The summed E-state index contributed by atoms with van der Waals surface area (Å²) in [7, 11) is 0. The molecule has 3 amide bonds. The number of halogens is 1. The van der Waals surface area contributed by atoms with Crippen LogP contribution in [0.15, 0.2) is 82.6 Å². The lowest BCUT2D eigenvalue weighted by Gasteiger charge is -2.30. The molecular formula is C29H21FN4O6S2. The second kappa shape index (κ2) is 10.7. The van der Waals surface area contributed by atoms with Gasteiger partial charge in [0.15, 0.2) is 0 Å². The third-order valence-corrected chi connectivity index (χ3v) is 9.80. The van der Waals surface area contributed by atoms with E-state index in [-0.39, 0.29) is 17.9 Å². The lowest BCUT2D eigenvalue weighted by molar-refractivity contribution is -0.384. The van der Waals surface area contributed by atoms with E-state index < -0.39 is 50.4 Å². The number of thiazole rings is 1. The number of fused-ring (bicyclic) bond motifs is 2. The summed E-state index contributed by atoms with van der Waals surface area (Å²) < 4.78 is 15.2. The third kappa shape index (κ3) is 4.80. The molecule has 1 N–H and O–H groups in total. The zero-order valence-corrected chi connectivity index (χ0v) is 23.5. The van der Waals surface area contributed by atoms with Gasteiger partial charge >= 0.3 is 4.87 Å². The number of aromatic nitrogens is 1. The quantitative estimate of drug-likeness (QED) is 0.192. The van der Waals surface area contributed by atoms with Crippen molar-refractivity contribution in [2.24, 2.45) is 5.92 Å². The Balaban J connectivity index is 1.40. The van der Waals surface area contributed by atoms with Crippen molar-refractivity contribution in [2.45, 2.75) is 29.7 Å². The van der Waals surface area contributed by atoms with Crippen LogP contribution in [0.3, 0.4) is 0 Å². The monoisotopic (exact) mass is 604 g/mol.